The molecule has 3 N–H and O–H groups in total. The Morgan fingerprint density at radius 3 is 2.50 bits per heavy atom. The number of hydrogen-bond acceptors (Lipinski definition) is 3. The maximum Gasteiger partial charge on any atom is 0.338 e. The zero-order chi connectivity index (χ0) is 15.9. The molecule has 6 nitrogen and oxygen atoms in total. The van der Waals surface area contributed by atoms with Crippen LogP contribution in [-0.2, 0) is 9.53 Å². The summed E-state index contributed by atoms with van der Waals surface area (Å²) in [6, 6.07) is -0.474. The van der Waals surface area contributed by atoms with E-state index in [0.717, 1.165) is 18.8 Å². The van der Waals surface area contributed by atoms with Crippen LogP contribution in [0.2, 0.25) is 0 Å². The van der Waals surface area contributed by atoms with Crippen LogP contribution in [0.3, 0.4) is 0 Å². The molecule has 0 aliphatic carbocycles. The van der Waals surface area contributed by atoms with Crippen LogP contribution in [-0.4, -0.2) is 44.3 Å². The van der Waals surface area contributed by atoms with Crippen LogP contribution in [0.15, 0.2) is 11.3 Å². The van der Waals surface area contributed by atoms with Gasteiger partial charge in [0.1, 0.15) is 6.54 Å². The van der Waals surface area contributed by atoms with Gasteiger partial charge in [-0.05, 0) is 39.0 Å². The monoisotopic (exact) mass is 310 g/mol. The Labute approximate surface area is 132 Å². The molecule has 124 valence electrons. The molecule has 0 unspecified atom stereocenters. The Kier molecular flexibility index (Phi) is 6.24. The predicted octanol–water partition coefficient (Wildman–Crippen LogP) is 0.354. The SMILES string of the molecule is CCOC(=O)C1=C(C[NH+]2CCCCCC2)NC(=O)N[C@@H]1CC. The lowest BCUT2D eigenvalue weighted by molar-refractivity contribution is -0.894. The van der Waals surface area contributed by atoms with Crippen LogP contribution in [0.1, 0.15) is 46.0 Å². The number of amides is 2. The number of hydrogen-bond donors (Lipinski definition) is 3. The maximum atomic E-state index is 12.3. The molecule has 2 amide bonds. The summed E-state index contributed by atoms with van der Waals surface area (Å²) in [6.45, 7) is 6.99. The van der Waals surface area contributed by atoms with Gasteiger partial charge in [0, 0.05) is 0 Å². The molecular formula is C16H28N3O3+. The van der Waals surface area contributed by atoms with Gasteiger partial charge in [-0.15, -0.1) is 0 Å². The minimum atomic E-state index is -0.314. The van der Waals surface area contributed by atoms with Crippen molar-refractivity contribution in [3.05, 3.63) is 11.3 Å². The number of ether oxygens (including phenoxy) is 1. The van der Waals surface area contributed by atoms with E-state index in [1.165, 1.54) is 30.6 Å². The van der Waals surface area contributed by atoms with E-state index in [1.54, 1.807) is 6.92 Å². The molecule has 1 atom stereocenters. The van der Waals surface area contributed by atoms with Gasteiger partial charge < -0.3 is 20.3 Å². The number of quaternary nitrogens is 1. The largest absolute Gasteiger partial charge is 0.463 e. The topological polar surface area (TPSA) is 71.9 Å². The summed E-state index contributed by atoms with van der Waals surface area (Å²) in [6.07, 6.45) is 5.65. The highest BCUT2D eigenvalue weighted by molar-refractivity contribution is 5.94. The molecule has 0 saturated carbocycles. The van der Waals surface area contributed by atoms with Gasteiger partial charge >= 0.3 is 12.0 Å². The predicted molar refractivity (Wildman–Crippen MR) is 83.4 cm³/mol. The van der Waals surface area contributed by atoms with Gasteiger partial charge in [-0.3, -0.25) is 0 Å². The highest BCUT2D eigenvalue weighted by Gasteiger charge is 2.33. The minimum Gasteiger partial charge on any atom is -0.463 e. The highest BCUT2D eigenvalue weighted by atomic mass is 16.5. The molecule has 0 aromatic rings. The van der Waals surface area contributed by atoms with Gasteiger partial charge in [0.2, 0.25) is 0 Å². The van der Waals surface area contributed by atoms with Crippen molar-refractivity contribution in [1.29, 1.82) is 0 Å². The fourth-order valence-corrected chi connectivity index (χ4v) is 3.26. The zero-order valence-electron chi connectivity index (χ0n) is 13.7. The molecule has 0 bridgehead atoms. The molecule has 0 spiro atoms. The summed E-state index contributed by atoms with van der Waals surface area (Å²) in [4.78, 5) is 25.6. The standard InChI is InChI=1S/C16H27N3O3/c1-3-12-14(15(20)22-4-2)13(18-16(21)17-12)11-19-9-7-5-6-8-10-19/h12H,3-11H2,1-2H3,(H2,17,18,21)/p+1/t12-/m1/s1. The summed E-state index contributed by atoms with van der Waals surface area (Å²) >= 11 is 0. The van der Waals surface area contributed by atoms with Crippen molar-refractivity contribution in [1.82, 2.24) is 10.6 Å². The molecule has 1 saturated heterocycles. The molecule has 6 heteroatoms. The molecule has 2 aliphatic heterocycles. The second-order valence-electron chi connectivity index (χ2n) is 6.01. The van der Waals surface area contributed by atoms with Crippen LogP contribution in [0, 0.1) is 0 Å². The number of carbonyl (C=O) groups is 2. The minimum absolute atomic E-state index is 0.218. The van der Waals surface area contributed by atoms with E-state index in [0.29, 0.717) is 25.1 Å². The summed E-state index contributed by atoms with van der Waals surface area (Å²) in [5, 5.41) is 5.66. The molecule has 0 aromatic heterocycles. The molecular weight excluding hydrogens is 282 g/mol. The molecule has 1 fully saturated rings. The van der Waals surface area contributed by atoms with Crippen molar-refractivity contribution in [2.24, 2.45) is 0 Å². The second-order valence-corrected chi connectivity index (χ2v) is 6.01. The lowest BCUT2D eigenvalue weighted by Crippen LogP contribution is -3.12. The lowest BCUT2D eigenvalue weighted by atomic mass is 10.00. The van der Waals surface area contributed by atoms with Crippen molar-refractivity contribution in [3.63, 3.8) is 0 Å². The Hall–Kier alpha value is -1.56. The third-order valence-electron chi connectivity index (χ3n) is 4.38. The van der Waals surface area contributed by atoms with Crippen molar-refractivity contribution < 1.29 is 19.2 Å². The third-order valence-corrected chi connectivity index (χ3v) is 4.38. The average molecular weight is 310 g/mol. The molecule has 2 heterocycles. The van der Waals surface area contributed by atoms with Gasteiger partial charge in [0.15, 0.2) is 0 Å². The van der Waals surface area contributed by atoms with E-state index < -0.39 is 0 Å². The first kappa shape index (κ1) is 16.8. The number of carbonyl (C=O) groups excluding carboxylic acids is 2. The zero-order valence-corrected chi connectivity index (χ0v) is 13.7. The van der Waals surface area contributed by atoms with Crippen LogP contribution in [0.4, 0.5) is 4.79 Å². The average Bonchev–Trinajstić information content (AvgIpc) is 2.75. The fraction of sp³-hybridized carbons (Fsp3) is 0.750. The Bertz CT molecular complexity index is 440. The summed E-state index contributed by atoms with van der Waals surface area (Å²) in [7, 11) is 0. The van der Waals surface area contributed by atoms with Gasteiger partial charge in [-0.25, -0.2) is 9.59 Å². The Morgan fingerprint density at radius 2 is 1.91 bits per heavy atom. The van der Waals surface area contributed by atoms with Crippen LogP contribution in [0.5, 0.6) is 0 Å². The van der Waals surface area contributed by atoms with Crippen LogP contribution < -0.4 is 15.5 Å². The first-order chi connectivity index (χ1) is 10.7. The van der Waals surface area contributed by atoms with Gasteiger partial charge in [-0.1, -0.05) is 6.92 Å². The molecule has 0 radical (unpaired) electrons. The Balaban J connectivity index is 2.21. The van der Waals surface area contributed by atoms with E-state index >= 15 is 0 Å². The van der Waals surface area contributed by atoms with E-state index in [1.807, 2.05) is 6.92 Å². The van der Waals surface area contributed by atoms with E-state index in [2.05, 4.69) is 10.6 Å². The first-order valence-electron chi connectivity index (χ1n) is 8.47. The molecule has 22 heavy (non-hydrogen) atoms. The van der Waals surface area contributed by atoms with E-state index in [-0.39, 0.29) is 18.0 Å². The van der Waals surface area contributed by atoms with Gasteiger partial charge in [0.25, 0.3) is 0 Å². The van der Waals surface area contributed by atoms with Crippen molar-refractivity contribution in [3.8, 4) is 0 Å². The second kappa shape index (κ2) is 8.17. The number of likely N-dealkylation sites (tertiary alicyclic amines) is 1. The number of esters is 1. The molecule has 2 rings (SSSR count). The van der Waals surface area contributed by atoms with Crippen molar-refractivity contribution in [2.45, 2.75) is 52.0 Å². The summed E-state index contributed by atoms with van der Waals surface area (Å²) < 4.78 is 5.20. The normalized spacial score (nSPS) is 23.5. The van der Waals surface area contributed by atoms with Crippen molar-refractivity contribution >= 4 is 12.0 Å². The third kappa shape index (κ3) is 4.22. The Morgan fingerprint density at radius 1 is 1.23 bits per heavy atom. The van der Waals surface area contributed by atoms with Crippen LogP contribution in [0.25, 0.3) is 0 Å². The quantitative estimate of drug-likeness (QED) is 0.642. The van der Waals surface area contributed by atoms with Crippen molar-refractivity contribution in [2.75, 3.05) is 26.2 Å². The maximum absolute atomic E-state index is 12.3. The summed E-state index contributed by atoms with van der Waals surface area (Å²) in [5.74, 6) is -0.314. The smallest absolute Gasteiger partial charge is 0.338 e. The molecule has 0 aromatic carbocycles. The molecule has 2 aliphatic rings. The summed E-state index contributed by atoms with van der Waals surface area (Å²) in [5.41, 5.74) is 1.34. The number of urea groups is 1. The lowest BCUT2D eigenvalue weighted by Gasteiger charge is -2.29. The van der Waals surface area contributed by atoms with E-state index in [4.69, 9.17) is 4.74 Å². The fourth-order valence-electron chi connectivity index (χ4n) is 3.26. The van der Waals surface area contributed by atoms with Gasteiger partial charge in [0.05, 0.1) is 37.0 Å². The van der Waals surface area contributed by atoms with E-state index in [9.17, 15) is 9.59 Å². The van der Waals surface area contributed by atoms with Gasteiger partial charge in [-0.2, -0.15) is 0 Å². The number of rotatable bonds is 5. The van der Waals surface area contributed by atoms with Crippen LogP contribution >= 0.6 is 0 Å². The number of nitrogens with one attached hydrogen (secondary N) is 3. The highest BCUT2D eigenvalue weighted by Crippen LogP contribution is 2.16. The first-order valence-corrected chi connectivity index (χ1v) is 8.47.